The van der Waals surface area contributed by atoms with Crippen molar-refractivity contribution in [1.29, 1.82) is 5.26 Å². The SMILES string of the molecule is Cc1ncc([N+](=O)[O-])n1CCC#N. The Morgan fingerprint density at radius 2 is 2.54 bits per heavy atom. The Balaban J connectivity index is 2.96. The summed E-state index contributed by atoms with van der Waals surface area (Å²) < 4.78 is 1.42. The quantitative estimate of drug-likeness (QED) is 0.513. The first-order valence-corrected chi connectivity index (χ1v) is 3.70. The van der Waals surface area contributed by atoms with Crippen LogP contribution in [0.4, 0.5) is 5.82 Å². The highest BCUT2D eigenvalue weighted by atomic mass is 16.6. The molecule has 1 rings (SSSR count). The standard InChI is InChI=1S/C7H8N4O2/c1-6-9-5-7(11(12)13)10(6)4-2-3-8/h5H,2,4H2,1H3. The van der Waals surface area contributed by atoms with E-state index in [2.05, 4.69) is 4.98 Å². The molecule has 1 aromatic rings. The van der Waals surface area contributed by atoms with Crippen molar-refractivity contribution in [3.05, 3.63) is 22.1 Å². The summed E-state index contributed by atoms with van der Waals surface area (Å²) in [4.78, 5) is 13.8. The summed E-state index contributed by atoms with van der Waals surface area (Å²) in [5.74, 6) is 0.495. The smallest absolute Gasteiger partial charge is 0.342 e. The molecule has 0 atom stereocenters. The van der Waals surface area contributed by atoms with E-state index in [1.54, 1.807) is 6.92 Å². The van der Waals surface area contributed by atoms with Gasteiger partial charge in [-0.25, -0.2) is 9.55 Å². The first-order valence-electron chi connectivity index (χ1n) is 3.70. The maximum absolute atomic E-state index is 10.5. The molecule has 0 aliphatic rings. The number of hydrogen-bond acceptors (Lipinski definition) is 4. The van der Waals surface area contributed by atoms with Crippen LogP contribution >= 0.6 is 0 Å². The Labute approximate surface area is 74.6 Å². The number of nitriles is 1. The monoisotopic (exact) mass is 180 g/mol. The average molecular weight is 180 g/mol. The van der Waals surface area contributed by atoms with Gasteiger partial charge in [0.2, 0.25) is 0 Å². The molecular formula is C7H8N4O2. The molecule has 0 bridgehead atoms. The fourth-order valence-electron chi connectivity index (χ4n) is 1.04. The minimum atomic E-state index is -0.503. The first-order chi connectivity index (χ1) is 6.16. The van der Waals surface area contributed by atoms with Crippen LogP contribution in [-0.2, 0) is 6.54 Å². The highest BCUT2D eigenvalue weighted by Crippen LogP contribution is 2.13. The number of rotatable bonds is 3. The maximum Gasteiger partial charge on any atom is 0.342 e. The fraction of sp³-hybridized carbons (Fsp3) is 0.429. The van der Waals surface area contributed by atoms with Crippen LogP contribution in [0.1, 0.15) is 12.2 Å². The number of aromatic nitrogens is 2. The van der Waals surface area contributed by atoms with E-state index in [9.17, 15) is 10.1 Å². The molecular weight excluding hydrogens is 172 g/mol. The van der Waals surface area contributed by atoms with Crippen LogP contribution in [0.15, 0.2) is 6.20 Å². The molecule has 0 radical (unpaired) electrons. The molecule has 0 aromatic carbocycles. The lowest BCUT2D eigenvalue weighted by molar-refractivity contribution is -0.392. The van der Waals surface area contributed by atoms with Gasteiger partial charge in [0.15, 0.2) is 5.82 Å². The number of imidazole rings is 1. The summed E-state index contributed by atoms with van der Waals surface area (Å²) >= 11 is 0. The molecule has 0 N–H and O–H groups in total. The van der Waals surface area contributed by atoms with Gasteiger partial charge in [0.05, 0.1) is 12.5 Å². The molecule has 0 saturated heterocycles. The van der Waals surface area contributed by atoms with Crippen LogP contribution in [-0.4, -0.2) is 14.5 Å². The van der Waals surface area contributed by atoms with E-state index in [0.717, 1.165) is 0 Å². The third-order valence-electron chi connectivity index (χ3n) is 1.67. The Kier molecular flexibility index (Phi) is 2.59. The molecule has 0 saturated carbocycles. The van der Waals surface area contributed by atoms with Gasteiger partial charge in [0.25, 0.3) is 0 Å². The third-order valence-corrected chi connectivity index (χ3v) is 1.67. The van der Waals surface area contributed by atoms with Crippen molar-refractivity contribution in [2.24, 2.45) is 0 Å². The lowest BCUT2D eigenvalue weighted by Gasteiger charge is -1.98. The third kappa shape index (κ3) is 1.82. The number of nitrogens with zero attached hydrogens (tertiary/aromatic N) is 4. The molecule has 1 heterocycles. The zero-order valence-corrected chi connectivity index (χ0v) is 7.10. The van der Waals surface area contributed by atoms with E-state index in [1.807, 2.05) is 6.07 Å². The van der Waals surface area contributed by atoms with E-state index >= 15 is 0 Å². The number of aryl methyl sites for hydroxylation is 1. The van der Waals surface area contributed by atoms with Crippen LogP contribution in [0.3, 0.4) is 0 Å². The normalized spacial score (nSPS) is 9.54. The molecule has 0 aliphatic carbocycles. The Hall–Kier alpha value is -1.90. The molecule has 13 heavy (non-hydrogen) atoms. The van der Waals surface area contributed by atoms with Gasteiger partial charge in [0, 0.05) is 6.92 Å². The molecule has 0 amide bonds. The predicted molar refractivity (Wildman–Crippen MR) is 43.8 cm³/mol. The molecule has 6 nitrogen and oxygen atoms in total. The molecule has 68 valence electrons. The zero-order chi connectivity index (χ0) is 9.84. The Bertz CT molecular complexity index is 363. The molecule has 0 fully saturated rings. The van der Waals surface area contributed by atoms with Crippen molar-refractivity contribution < 1.29 is 4.92 Å². The summed E-state index contributed by atoms with van der Waals surface area (Å²) in [5.41, 5.74) is 0. The Morgan fingerprint density at radius 3 is 3.08 bits per heavy atom. The minimum absolute atomic E-state index is 0.0623. The number of hydrogen-bond donors (Lipinski definition) is 0. The van der Waals surface area contributed by atoms with Crippen molar-refractivity contribution in [1.82, 2.24) is 9.55 Å². The fourth-order valence-corrected chi connectivity index (χ4v) is 1.04. The van der Waals surface area contributed by atoms with E-state index < -0.39 is 4.92 Å². The second-order valence-electron chi connectivity index (χ2n) is 2.48. The largest absolute Gasteiger partial charge is 0.358 e. The number of nitro groups is 1. The molecule has 6 heteroatoms. The van der Waals surface area contributed by atoms with E-state index in [0.29, 0.717) is 12.4 Å². The van der Waals surface area contributed by atoms with Crippen LogP contribution in [0.5, 0.6) is 0 Å². The van der Waals surface area contributed by atoms with E-state index in [4.69, 9.17) is 5.26 Å². The molecule has 0 unspecified atom stereocenters. The van der Waals surface area contributed by atoms with Crippen LogP contribution in [0.2, 0.25) is 0 Å². The van der Waals surface area contributed by atoms with Crippen LogP contribution < -0.4 is 0 Å². The lowest BCUT2D eigenvalue weighted by Crippen LogP contribution is -2.04. The topological polar surface area (TPSA) is 84.8 Å². The van der Waals surface area contributed by atoms with E-state index in [-0.39, 0.29) is 12.2 Å². The van der Waals surface area contributed by atoms with Gasteiger partial charge in [-0.3, -0.25) is 0 Å². The van der Waals surface area contributed by atoms with Gasteiger partial charge in [-0.2, -0.15) is 5.26 Å². The first kappa shape index (κ1) is 9.19. The molecule has 1 aromatic heterocycles. The average Bonchev–Trinajstić information content (AvgIpc) is 2.43. The van der Waals surface area contributed by atoms with Crippen molar-refractivity contribution in [2.45, 2.75) is 19.9 Å². The van der Waals surface area contributed by atoms with Crippen LogP contribution in [0, 0.1) is 28.4 Å². The van der Waals surface area contributed by atoms with Crippen molar-refractivity contribution >= 4 is 5.82 Å². The summed E-state index contributed by atoms with van der Waals surface area (Å²) in [7, 11) is 0. The second-order valence-corrected chi connectivity index (χ2v) is 2.48. The van der Waals surface area contributed by atoms with Gasteiger partial charge in [-0.05, 0) is 4.92 Å². The van der Waals surface area contributed by atoms with Crippen molar-refractivity contribution in [3.8, 4) is 6.07 Å². The van der Waals surface area contributed by atoms with Crippen molar-refractivity contribution in [3.63, 3.8) is 0 Å². The van der Waals surface area contributed by atoms with Crippen molar-refractivity contribution in [2.75, 3.05) is 0 Å². The van der Waals surface area contributed by atoms with E-state index in [1.165, 1.54) is 10.8 Å². The Morgan fingerprint density at radius 1 is 1.85 bits per heavy atom. The lowest BCUT2D eigenvalue weighted by atomic mass is 10.4. The van der Waals surface area contributed by atoms with Gasteiger partial charge >= 0.3 is 5.82 Å². The van der Waals surface area contributed by atoms with Gasteiger partial charge in [0.1, 0.15) is 12.7 Å². The summed E-state index contributed by atoms with van der Waals surface area (Å²) in [6, 6.07) is 1.93. The zero-order valence-electron chi connectivity index (χ0n) is 7.10. The van der Waals surface area contributed by atoms with Gasteiger partial charge in [-0.1, -0.05) is 0 Å². The summed E-state index contributed by atoms with van der Waals surface area (Å²) in [6.07, 6.45) is 1.45. The predicted octanol–water partition coefficient (Wildman–Crippen LogP) is 1.01. The second kappa shape index (κ2) is 3.67. The highest BCUT2D eigenvalue weighted by Gasteiger charge is 2.16. The maximum atomic E-state index is 10.5. The van der Waals surface area contributed by atoms with Gasteiger partial charge < -0.3 is 10.1 Å². The highest BCUT2D eigenvalue weighted by molar-refractivity contribution is 5.18. The van der Waals surface area contributed by atoms with Crippen LogP contribution in [0.25, 0.3) is 0 Å². The molecule has 0 spiro atoms. The molecule has 0 aliphatic heterocycles. The summed E-state index contributed by atoms with van der Waals surface area (Å²) in [6.45, 7) is 1.99. The van der Waals surface area contributed by atoms with Gasteiger partial charge in [-0.15, -0.1) is 0 Å². The minimum Gasteiger partial charge on any atom is -0.358 e. The summed E-state index contributed by atoms with van der Waals surface area (Å²) in [5, 5.41) is 18.8.